The van der Waals surface area contributed by atoms with Crippen molar-refractivity contribution in [1.29, 1.82) is 0 Å². The molecule has 1 heterocycles. The number of aryl methyl sites for hydroxylation is 1. The molecule has 1 aromatic rings. The number of rotatable bonds is 9. The summed E-state index contributed by atoms with van der Waals surface area (Å²) in [6.45, 7) is 0.676. The smallest absolute Gasteiger partial charge is 0.245 e. The van der Waals surface area contributed by atoms with Gasteiger partial charge in [0, 0.05) is 19.7 Å². The molecule has 0 aliphatic rings. The van der Waals surface area contributed by atoms with Crippen molar-refractivity contribution < 1.29 is 9.53 Å². The van der Waals surface area contributed by atoms with E-state index in [-0.39, 0.29) is 18.6 Å². The fourth-order valence-electron chi connectivity index (χ4n) is 1.51. The summed E-state index contributed by atoms with van der Waals surface area (Å²) in [4.78, 5) is 10.9. The molecule has 18 heavy (non-hydrogen) atoms. The number of carbonyl (C=O) groups excluding carboxylic acids is 1. The lowest BCUT2D eigenvalue weighted by Gasteiger charge is -2.10. The first-order valence-corrected chi connectivity index (χ1v) is 6.11. The number of likely N-dealkylation sites (N-methyl/N-ethyl adjacent to an activating group) is 1. The van der Waals surface area contributed by atoms with Crippen LogP contribution in [0.5, 0.6) is 0 Å². The van der Waals surface area contributed by atoms with Crippen molar-refractivity contribution in [1.82, 2.24) is 20.7 Å². The molecular formula is C11H21N5O2. The zero-order valence-electron chi connectivity index (χ0n) is 10.7. The standard InChI is InChI=1S/C11H21N5O2/c1-13-11(17)8-18-6-2-3-9(12)4-5-10-7-14-16-15-10/h7,9H,2-6,8,12H2,1H3,(H,13,17)(H,14,15,16). The maximum absolute atomic E-state index is 10.9. The molecule has 1 aromatic heterocycles. The topological polar surface area (TPSA) is 106 Å². The Balaban J connectivity index is 1.96. The van der Waals surface area contributed by atoms with E-state index in [1.165, 1.54) is 0 Å². The predicted octanol–water partition coefficient (Wildman–Crippen LogP) is -0.393. The van der Waals surface area contributed by atoms with Crippen LogP contribution in [-0.2, 0) is 16.0 Å². The van der Waals surface area contributed by atoms with Gasteiger partial charge in [0.25, 0.3) is 0 Å². The van der Waals surface area contributed by atoms with E-state index < -0.39 is 0 Å². The number of nitrogens with one attached hydrogen (secondary N) is 2. The van der Waals surface area contributed by atoms with Crippen molar-refractivity contribution in [3.63, 3.8) is 0 Å². The van der Waals surface area contributed by atoms with Gasteiger partial charge in [0.15, 0.2) is 0 Å². The summed E-state index contributed by atoms with van der Waals surface area (Å²) in [7, 11) is 1.59. The van der Waals surface area contributed by atoms with Crippen molar-refractivity contribution in [3.8, 4) is 0 Å². The van der Waals surface area contributed by atoms with Crippen molar-refractivity contribution in [2.75, 3.05) is 20.3 Å². The molecule has 7 heteroatoms. The van der Waals surface area contributed by atoms with Gasteiger partial charge in [-0.05, 0) is 25.7 Å². The first kappa shape index (κ1) is 14.6. The van der Waals surface area contributed by atoms with Crippen LogP contribution in [0.3, 0.4) is 0 Å². The molecule has 7 nitrogen and oxygen atoms in total. The molecule has 1 atom stereocenters. The third kappa shape index (κ3) is 6.31. The van der Waals surface area contributed by atoms with Gasteiger partial charge in [0.1, 0.15) is 6.61 Å². The molecule has 0 aliphatic heterocycles. The Bertz CT molecular complexity index is 328. The molecule has 4 N–H and O–H groups in total. The van der Waals surface area contributed by atoms with Crippen molar-refractivity contribution in [3.05, 3.63) is 11.9 Å². The van der Waals surface area contributed by atoms with E-state index in [1.54, 1.807) is 13.2 Å². The first-order chi connectivity index (χ1) is 8.72. The summed E-state index contributed by atoms with van der Waals surface area (Å²) in [6, 6.07) is 0.130. The number of hydrogen-bond acceptors (Lipinski definition) is 5. The third-order valence-corrected chi connectivity index (χ3v) is 2.61. The molecule has 1 rings (SSSR count). The highest BCUT2D eigenvalue weighted by molar-refractivity contribution is 5.76. The van der Waals surface area contributed by atoms with Gasteiger partial charge < -0.3 is 15.8 Å². The third-order valence-electron chi connectivity index (χ3n) is 2.61. The number of hydrogen-bond donors (Lipinski definition) is 3. The Morgan fingerprint density at radius 2 is 2.44 bits per heavy atom. The van der Waals surface area contributed by atoms with E-state index in [2.05, 4.69) is 20.7 Å². The maximum Gasteiger partial charge on any atom is 0.245 e. The summed E-state index contributed by atoms with van der Waals surface area (Å²) in [6.07, 6.45) is 5.15. The Hall–Kier alpha value is -1.47. The fraction of sp³-hybridized carbons (Fsp3) is 0.727. The highest BCUT2D eigenvalue weighted by Gasteiger charge is 2.05. The zero-order chi connectivity index (χ0) is 13.2. The van der Waals surface area contributed by atoms with Gasteiger partial charge in [-0.15, -0.1) is 0 Å². The van der Waals surface area contributed by atoms with Gasteiger partial charge in [-0.3, -0.25) is 4.79 Å². The van der Waals surface area contributed by atoms with Crippen LogP contribution in [0.1, 0.15) is 25.0 Å². The van der Waals surface area contributed by atoms with Gasteiger partial charge in [-0.25, -0.2) is 0 Å². The lowest BCUT2D eigenvalue weighted by molar-refractivity contribution is -0.125. The summed E-state index contributed by atoms with van der Waals surface area (Å²) in [5, 5.41) is 12.8. The van der Waals surface area contributed by atoms with Crippen LogP contribution < -0.4 is 11.1 Å². The lowest BCUT2D eigenvalue weighted by atomic mass is 10.1. The van der Waals surface area contributed by atoms with E-state index in [0.717, 1.165) is 31.4 Å². The lowest BCUT2D eigenvalue weighted by Crippen LogP contribution is -2.24. The summed E-state index contributed by atoms with van der Waals surface area (Å²) < 4.78 is 5.19. The van der Waals surface area contributed by atoms with Crippen molar-refractivity contribution in [2.45, 2.75) is 31.7 Å². The minimum Gasteiger partial charge on any atom is -0.372 e. The van der Waals surface area contributed by atoms with Crippen LogP contribution in [0.25, 0.3) is 0 Å². The van der Waals surface area contributed by atoms with E-state index in [1.807, 2.05) is 0 Å². The Morgan fingerprint density at radius 1 is 1.61 bits per heavy atom. The molecule has 102 valence electrons. The number of ether oxygens (including phenoxy) is 1. The number of amides is 1. The Morgan fingerprint density at radius 3 is 3.11 bits per heavy atom. The zero-order valence-corrected chi connectivity index (χ0v) is 10.7. The van der Waals surface area contributed by atoms with Gasteiger partial charge >= 0.3 is 0 Å². The second kappa shape index (κ2) is 8.60. The van der Waals surface area contributed by atoms with Gasteiger partial charge in [0.05, 0.1) is 11.9 Å². The predicted molar refractivity (Wildman–Crippen MR) is 66.8 cm³/mol. The number of aromatic nitrogens is 3. The van der Waals surface area contributed by atoms with E-state index >= 15 is 0 Å². The van der Waals surface area contributed by atoms with Crippen LogP contribution in [0.4, 0.5) is 0 Å². The minimum atomic E-state index is -0.106. The van der Waals surface area contributed by atoms with Crippen LogP contribution in [0.2, 0.25) is 0 Å². The quantitative estimate of drug-likeness (QED) is 0.521. The fourth-order valence-corrected chi connectivity index (χ4v) is 1.51. The number of nitrogens with two attached hydrogens (primary N) is 1. The van der Waals surface area contributed by atoms with E-state index in [0.29, 0.717) is 6.61 Å². The number of carbonyl (C=O) groups is 1. The molecular weight excluding hydrogens is 234 g/mol. The molecule has 1 amide bonds. The van der Waals surface area contributed by atoms with Crippen LogP contribution in [0.15, 0.2) is 6.20 Å². The molecule has 0 saturated carbocycles. The average Bonchev–Trinajstić information content (AvgIpc) is 2.88. The molecule has 0 bridgehead atoms. The Labute approximate surface area is 106 Å². The highest BCUT2D eigenvalue weighted by atomic mass is 16.5. The van der Waals surface area contributed by atoms with Crippen LogP contribution >= 0.6 is 0 Å². The second-order valence-electron chi connectivity index (χ2n) is 4.13. The molecule has 0 fully saturated rings. The van der Waals surface area contributed by atoms with E-state index in [4.69, 9.17) is 10.5 Å². The SMILES string of the molecule is CNC(=O)COCCCC(N)CCc1cn[nH]n1. The molecule has 0 radical (unpaired) electrons. The second-order valence-corrected chi connectivity index (χ2v) is 4.13. The first-order valence-electron chi connectivity index (χ1n) is 6.11. The molecule has 0 spiro atoms. The molecule has 1 unspecified atom stereocenters. The van der Waals surface area contributed by atoms with Gasteiger partial charge in [0.2, 0.25) is 5.91 Å². The number of H-pyrrole nitrogens is 1. The minimum absolute atomic E-state index is 0.106. The molecule has 0 aliphatic carbocycles. The van der Waals surface area contributed by atoms with Crippen molar-refractivity contribution in [2.24, 2.45) is 5.73 Å². The maximum atomic E-state index is 10.9. The Kier molecular flexibility index (Phi) is 6.97. The van der Waals surface area contributed by atoms with E-state index in [9.17, 15) is 4.79 Å². The molecule has 0 aromatic carbocycles. The monoisotopic (exact) mass is 255 g/mol. The normalized spacial score (nSPS) is 12.3. The van der Waals surface area contributed by atoms with Crippen LogP contribution in [0, 0.1) is 0 Å². The van der Waals surface area contributed by atoms with Gasteiger partial charge in [-0.2, -0.15) is 15.4 Å². The van der Waals surface area contributed by atoms with Gasteiger partial charge in [-0.1, -0.05) is 0 Å². The van der Waals surface area contributed by atoms with Crippen molar-refractivity contribution >= 4 is 5.91 Å². The number of aromatic amines is 1. The summed E-state index contributed by atoms with van der Waals surface area (Å²) in [5.74, 6) is -0.106. The molecule has 0 saturated heterocycles. The van der Waals surface area contributed by atoms with Crippen LogP contribution in [-0.4, -0.2) is 47.6 Å². The number of nitrogens with zero attached hydrogens (tertiary/aromatic N) is 2. The highest BCUT2D eigenvalue weighted by Crippen LogP contribution is 2.04. The summed E-state index contributed by atoms with van der Waals surface area (Å²) >= 11 is 0. The summed E-state index contributed by atoms with van der Waals surface area (Å²) in [5.41, 5.74) is 6.90. The largest absolute Gasteiger partial charge is 0.372 e. The average molecular weight is 255 g/mol.